The van der Waals surface area contributed by atoms with E-state index in [2.05, 4.69) is 46.6 Å². The molecule has 2 heterocycles. The fraction of sp³-hybridized carbons (Fsp3) is 0.400. The van der Waals surface area contributed by atoms with E-state index in [1.165, 1.54) is 5.56 Å². The molecule has 1 aromatic heterocycles. The summed E-state index contributed by atoms with van der Waals surface area (Å²) in [6.45, 7) is 6.95. The number of ether oxygens (including phenoxy) is 2. The van der Waals surface area contributed by atoms with Crippen molar-refractivity contribution in [3.05, 3.63) is 53.9 Å². The fourth-order valence-corrected chi connectivity index (χ4v) is 2.77. The van der Waals surface area contributed by atoms with Gasteiger partial charge in [0.15, 0.2) is 17.5 Å². The first-order valence-corrected chi connectivity index (χ1v) is 8.83. The third-order valence-corrected chi connectivity index (χ3v) is 4.41. The molecule has 0 fully saturated rings. The summed E-state index contributed by atoms with van der Waals surface area (Å²) in [5.74, 6) is 2.39. The SMILES string of the molecule is CN=C(NCc1ccccn1)NCC(C)(C)c1ccc2c(c1)OCCO2. The quantitative estimate of drug-likeness (QED) is 0.638. The Balaban J connectivity index is 1.59. The average molecular weight is 354 g/mol. The van der Waals surface area contributed by atoms with Gasteiger partial charge < -0.3 is 20.1 Å². The standard InChI is InChI=1S/C20H26N4O2/c1-20(2,15-7-8-17-18(12-15)26-11-10-25-17)14-24-19(21-3)23-13-16-6-4-5-9-22-16/h4-9,12H,10-11,13-14H2,1-3H3,(H2,21,23,24). The number of pyridine rings is 1. The number of nitrogens with zero attached hydrogens (tertiary/aromatic N) is 2. The first-order valence-electron chi connectivity index (χ1n) is 8.83. The predicted octanol–water partition coefficient (Wildman–Crippen LogP) is 2.50. The molecule has 6 heteroatoms. The maximum Gasteiger partial charge on any atom is 0.191 e. The molecule has 1 aliphatic rings. The van der Waals surface area contributed by atoms with Gasteiger partial charge in [-0.2, -0.15) is 0 Å². The van der Waals surface area contributed by atoms with Gasteiger partial charge in [-0.1, -0.05) is 26.0 Å². The van der Waals surface area contributed by atoms with E-state index < -0.39 is 0 Å². The monoisotopic (exact) mass is 354 g/mol. The Bertz CT molecular complexity index is 760. The number of hydrogen-bond donors (Lipinski definition) is 2. The number of benzene rings is 1. The molecular weight excluding hydrogens is 328 g/mol. The van der Waals surface area contributed by atoms with Crippen LogP contribution in [0.2, 0.25) is 0 Å². The van der Waals surface area contributed by atoms with E-state index in [0.717, 1.165) is 29.7 Å². The predicted molar refractivity (Wildman–Crippen MR) is 103 cm³/mol. The summed E-state index contributed by atoms with van der Waals surface area (Å²) < 4.78 is 11.3. The number of fused-ring (bicyclic) bond motifs is 1. The van der Waals surface area contributed by atoms with Crippen LogP contribution in [-0.4, -0.2) is 37.7 Å². The molecule has 6 nitrogen and oxygen atoms in total. The first kappa shape index (κ1) is 18.0. The highest BCUT2D eigenvalue weighted by molar-refractivity contribution is 5.79. The van der Waals surface area contributed by atoms with Crippen molar-refractivity contribution in [3.8, 4) is 11.5 Å². The highest BCUT2D eigenvalue weighted by Crippen LogP contribution is 2.34. The molecule has 3 rings (SSSR count). The summed E-state index contributed by atoms with van der Waals surface area (Å²) in [5.41, 5.74) is 2.06. The molecular formula is C20H26N4O2. The minimum Gasteiger partial charge on any atom is -0.486 e. The van der Waals surface area contributed by atoms with Crippen molar-refractivity contribution >= 4 is 5.96 Å². The zero-order valence-corrected chi connectivity index (χ0v) is 15.6. The van der Waals surface area contributed by atoms with Crippen LogP contribution >= 0.6 is 0 Å². The number of hydrogen-bond acceptors (Lipinski definition) is 4. The lowest BCUT2D eigenvalue weighted by atomic mass is 9.84. The van der Waals surface area contributed by atoms with E-state index >= 15 is 0 Å². The van der Waals surface area contributed by atoms with Gasteiger partial charge in [0.25, 0.3) is 0 Å². The van der Waals surface area contributed by atoms with Gasteiger partial charge in [0.1, 0.15) is 13.2 Å². The maximum absolute atomic E-state index is 5.71. The minimum absolute atomic E-state index is 0.0988. The number of aliphatic imine (C=N–C) groups is 1. The molecule has 2 N–H and O–H groups in total. The molecule has 0 radical (unpaired) electrons. The molecule has 0 aliphatic carbocycles. The number of aromatic nitrogens is 1. The van der Waals surface area contributed by atoms with Crippen molar-refractivity contribution in [2.75, 3.05) is 26.8 Å². The third-order valence-electron chi connectivity index (χ3n) is 4.41. The third kappa shape index (κ3) is 4.45. The van der Waals surface area contributed by atoms with Crippen LogP contribution in [0.15, 0.2) is 47.6 Å². The Hall–Kier alpha value is -2.76. The van der Waals surface area contributed by atoms with Crippen LogP contribution in [0, 0.1) is 0 Å². The topological polar surface area (TPSA) is 67.8 Å². The molecule has 0 bridgehead atoms. The van der Waals surface area contributed by atoms with Crippen molar-refractivity contribution in [1.82, 2.24) is 15.6 Å². The largest absolute Gasteiger partial charge is 0.486 e. The molecule has 0 spiro atoms. The number of rotatable bonds is 5. The van der Waals surface area contributed by atoms with Gasteiger partial charge in [0.2, 0.25) is 0 Å². The molecule has 138 valence electrons. The first-order chi connectivity index (χ1) is 12.6. The Morgan fingerprint density at radius 2 is 1.92 bits per heavy atom. The van der Waals surface area contributed by atoms with Crippen molar-refractivity contribution in [2.45, 2.75) is 25.8 Å². The molecule has 0 atom stereocenters. The zero-order valence-electron chi connectivity index (χ0n) is 15.6. The van der Waals surface area contributed by atoms with E-state index in [4.69, 9.17) is 9.47 Å². The summed E-state index contributed by atoms with van der Waals surface area (Å²) in [5, 5.41) is 6.69. The van der Waals surface area contributed by atoms with E-state index in [1.54, 1.807) is 13.2 Å². The maximum atomic E-state index is 5.71. The van der Waals surface area contributed by atoms with Crippen LogP contribution < -0.4 is 20.1 Å². The van der Waals surface area contributed by atoms with Crippen molar-refractivity contribution in [2.24, 2.45) is 4.99 Å². The summed E-state index contributed by atoms with van der Waals surface area (Å²) in [7, 11) is 1.77. The van der Waals surface area contributed by atoms with Crippen molar-refractivity contribution < 1.29 is 9.47 Å². The highest BCUT2D eigenvalue weighted by atomic mass is 16.6. The van der Waals surface area contributed by atoms with Crippen molar-refractivity contribution in [1.29, 1.82) is 0 Å². The van der Waals surface area contributed by atoms with Gasteiger partial charge in [-0.25, -0.2) is 0 Å². The summed E-state index contributed by atoms with van der Waals surface area (Å²) in [4.78, 5) is 8.60. The number of nitrogens with one attached hydrogen (secondary N) is 2. The smallest absolute Gasteiger partial charge is 0.191 e. The lowest BCUT2D eigenvalue weighted by Gasteiger charge is -2.28. The van der Waals surface area contributed by atoms with Gasteiger partial charge >= 0.3 is 0 Å². The van der Waals surface area contributed by atoms with Crippen LogP contribution in [0.25, 0.3) is 0 Å². The van der Waals surface area contributed by atoms with E-state index in [1.807, 2.05) is 24.3 Å². The average Bonchev–Trinajstić information content (AvgIpc) is 2.68. The van der Waals surface area contributed by atoms with Gasteiger partial charge in [0.05, 0.1) is 12.2 Å². The minimum atomic E-state index is -0.0988. The fourth-order valence-electron chi connectivity index (χ4n) is 2.77. The van der Waals surface area contributed by atoms with E-state index in [0.29, 0.717) is 19.8 Å². The molecule has 0 saturated carbocycles. The lowest BCUT2D eigenvalue weighted by Crippen LogP contribution is -2.43. The molecule has 1 aliphatic heterocycles. The Morgan fingerprint density at radius 3 is 2.65 bits per heavy atom. The molecule has 0 unspecified atom stereocenters. The van der Waals surface area contributed by atoms with E-state index in [9.17, 15) is 0 Å². The van der Waals surface area contributed by atoms with Crippen LogP contribution in [0.1, 0.15) is 25.1 Å². The van der Waals surface area contributed by atoms with Crippen molar-refractivity contribution in [3.63, 3.8) is 0 Å². The molecule has 26 heavy (non-hydrogen) atoms. The van der Waals surface area contributed by atoms with Gasteiger partial charge in [-0.15, -0.1) is 0 Å². The second-order valence-corrected chi connectivity index (χ2v) is 6.84. The van der Waals surface area contributed by atoms with Crippen LogP contribution in [0.3, 0.4) is 0 Å². The highest BCUT2D eigenvalue weighted by Gasteiger charge is 2.23. The number of guanidine groups is 1. The Morgan fingerprint density at radius 1 is 1.12 bits per heavy atom. The molecule has 1 aromatic carbocycles. The van der Waals surface area contributed by atoms with Crippen LogP contribution in [0.5, 0.6) is 11.5 Å². The second kappa shape index (κ2) is 8.08. The summed E-state index contributed by atoms with van der Waals surface area (Å²) in [6, 6.07) is 12.0. The molecule has 0 amide bonds. The van der Waals surface area contributed by atoms with Crippen LogP contribution in [-0.2, 0) is 12.0 Å². The van der Waals surface area contributed by atoms with Gasteiger partial charge in [-0.05, 0) is 29.8 Å². The zero-order chi connectivity index (χ0) is 18.4. The van der Waals surface area contributed by atoms with E-state index in [-0.39, 0.29) is 5.41 Å². The summed E-state index contributed by atoms with van der Waals surface area (Å²) >= 11 is 0. The Labute approximate surface area is 154 Å². The second-order valence-electron chi connectivity index (χ2n) is 6.84. The normalized spacial score (nSPS) is 14.0. The lowest BCUT2D eigenvalue weighted by molar-refractivity contribution is 0.171. The molecule has 0 saturated heterocycles. The summed E-state index contributed by atoms with van der Waals surface area (Å²) in [6.07, 6.45) is 1.79. The Kier molecular flexibility index (Phi) is 5.61. The van der Waals surface area contributed by atoms with Gasteiger partial charge in [0, 0.05) is 25.2 Å². The molecule has 2 aromatic rings. The van der Waals surface area contributed by atoms with Gasteiger partial charge in [-0.3, -0.25) is 9.98 Å². The van der Waals surface area contributed by atoms with Crippen LogP contribution in [0.4, 0.5) is 0 Å².